The van der Waals surface area contributed by atoms with Gasteiger partial charge in [-0.2, -0.15) is 0 Å². The number of hydrogen-bond acceptors (Lipinski definition) is 2. The summed E-state index contributed by atoms with van der Waals surface area (Å²) in [4.78, 5) is 0. The normalized spacial score (nSPS) is 11.5. The van der Waals surface area contributed by atoms with Crippen LogP contribution < -0.4 is 10.1 Å². The maximum atomic E-state index is 12.1. The number of halogens is 3. The van der Waals surface area contributed by atoms with Gasteiger partial charge in [-0.15, -0.1) is 13.2 Å². The number of rotatable bonds is 5. The quantitative estimate of drug-likeness (QED) is 0.807. The van der Waals surface area contributed by atoms with Crippen molar-refractivity contribution < 1.29 is 17.9 Å². The molecule has 22 heavy (non-hydrogen) atoms. The number of ether oxygens (including phenoxy) is 1. The predicted octanol–water partition coefficient (Wildman–Crippen LogP) is 5.32. The molecule has 0 atom stereocenters. The second-order valence-corrected chi connectivity index (χ2v) is 5.32. The lowest BCUT2D eigenvalue weighted by Crippen LogP contribution is -2.17. The van der Waals surface area contributed by atoms with Crippen molar-refractivity contribution in [2.24, 2.45) is 0 Å². The largest absolute Gasteiger partial charge is 0.573 e. The molecule has 0 saturated heterocycles. The van der Waals surface area contributed by atoms with Gasteiger partial charge in [-0.3, -0.25) is 0 Å². The van der Waals surface area contributed by atoms with Gasteiger partial charge in [-0.05, 0) is 41.3 Å². The third-order valence-electron chi connectivity index (χ3n) is 3.23. The van der Waals surface area contributed by atoms with E-state index in [4.69, 9.17) is 0 Å². The average Bonchev–Trinajstić information content (AvgIpc) is 2.45. The van der Waals surface area contributed by atoms with E-state index < -0.39 is 6.36 Å². The molecule has 0 spiro atoms. The number of hydrogen-bond donors (Lipinski definition) is 1. The molecule has 1 N–H and O–H groups in total. The zero-order valence-corrected chi connectivity index (χ0v) is 12.4. The first-order chi connectivity index (χ1) is 10.3. The van der Waals surface area contributed by atoms with E-state index in [2.05, 4.69) is 36.0 Å². The molecule has 0 bridgehead atoms. The minimum atomic E-state index is -4.65. The van der Waals surface area contributed by atoms with Crippen LogP contribution in [0.15, 0.2) is 48.5 Å². The van der Waals surface area contributed by atoms with Gasteiger partial charge in [-0.25, -0.2) is 0 Å². The first-order valence-corrected chi connectivity index (χ1v) is 7.02. The highest BCUT2D eigenvalue weighted by molar-refractivity contribution is 5.45. The van der Waals surface area contributed by atoms with Crippen molar-refractivity contribution in [1.82, 2.24) is 0 Å². The predicted molar refractivity (Wildman–Crippen MR) is 81.0 cm³/mol. The van der Waals surface area contributed by atoms with Crippen molar-refractivity contribution in [3.63, 3.8) is 0 Å². The van der Waals surface area contributed by atoms with Gasteiger partial charge in [-0.1, -0.05) is 38.1 Å². The molecule has 0 aliphatic rings. The molecule has 2 nitrogen and oxygen atoms in total. The fourth-order valence-electron chi connectivity index (χ4n) is 2.00. The summed E-state index contributed by atoms with van der Waals surface area (Å²) in [6.45, 7) is 4.80. The second kappa shape index (κ2) is 6.73. The van der Waals surface area contributed by atoms with Crippen molar-refractivity contribution >= 4 is 5.69 Å². The van der Waals surface area contributed by atoms with Gasteiger partial charge in [0.15, 0.2) is 0 Å². The molecule has 2 rings (SSSR count). The highest BCUT2D eigenvalue weighted by Gasteiger charge is 2.30. The van der Waals surface area contributed by atoms with Crippen LogP contribution in [0.5, 0.6) is 5.75 Å². The van der Waals surface area contributed by atoms with Gasteiger partial charge < -0.3 is 10.1 Å². The van der Waals surface area contributed by atoms with E-state index in [1.165, 1.54) is 17.7 Å². The average molecular weight is 309 g/mol. The van der Waals surface area contributed by atoms with Crippen LogP contribution in [0, 0.1) is 0 Å². The number of anilines is 1. The Kier molecular flexibility index (Phi) is 4.96. The summed E-state index contributed by atoms with van der Waals surface area (Å²) in [5.74, 6) is 0.271. The van der Waals surface area contributed by atoms with Crippen molar-refractivity contribution in [3.05, 3.63) is 59.7 Å². The number of nitrogens with one attached hydrogen (secondary N) is 1. The lowest BCUT2D eigenvalue weighted by Gasteiger charge is -2.11. The molecule has 118 valence electrons. The van der Waals surface area contributed by atoms with Gasteiger partial charge >= 0.3 is 6.36 Å². The molecule has 0 heterocycles. The van der Waals surface area contributed by atoms with E-state index in [0.717, 1.165) is 11.3 Å². The summed E-state index contributed by atoms with van der Waals surface area (Å²) >= 11 is 0. The zero-order chi connectivity index (χ0) is 16.2. The maximum Gasteiger partial charge on any atom is 0.573 e. The Bertz CT molecular complexity index is 589. The Hall–Kier alpha value is -2.17. The van der Waals surface area contributed by atoms with Crippen LogP contribution in [0.25, 0.3) is 0 Å². The van der Waals surface area contributed by atoms with Crippen molar-refractivity contribution in [2.75, 3.05) is 5.32 Å². The van der Waals surface area contributed by atoms with Crippen LogP contribution in [0.4, 0.5) is 18.9 Å². The summed E-state index contributed by atoms with van der Waals surface area (Å²) < 4.78 is 40.0. The first-order valence-electron chi connectivity index (χ1n) is 7.02. The third-order valence-corrected chi connectivity index (χ3v) is 3.23. The fraction of sp³-hybridized carbons (Fsp3) is 0.294. The van der Waals surface area contributed by atoms with Crippen LogP contribution in [0.3, 0.4) is 0 Å². The molecule has 0 radical (unpaired) electrons. The van der Waals surface area contributed by atoms with Crippen LogP contribution in [-0.2, 0) is 6.54 Å². The van der Waals surface area contributed by atoms with Crippen molar-refractivity contribution in [3.8, 4) is 5.75 Å². The standard InChI is InChI=1S/C17H18F3NO/c1-12(2)14-5-7-15(8-6-14)21-11-13-3-9-16(10-4-13)22-17(18,19)20/h3-10,12,21H,11H2,1-2H3. The number of benzene rings is 2. The second-order valence-electron chi connectivity index (χ2n) is 5.32. The van der Waals surface area contributed by atoms with E-state index in [-0.39, 0.29) is 5.75 Å². The molecule has 0 saturated carbocycles. The third kappa shape index (κ3) is 4.98. The molecule has 0 unspecified atom stereocenters. The summed E-state index contributed by atoms with van der Waals surface area (Å²) in [6.07, 6.45) is -4.65. The fourth-order valence-corrected chi connectivity index (χ4v) is 2.00. The Labute approximate surface area is 127 Å². The van der Waals surface area contributed by atoms with Gasteiger partial charge in [0.1, 0.15) is 5.75 Å². The molecule has 0 aliphatic carbocycles. The Morgan fingerprint density at radius 3 is 2.05 bits per heavy atom. The van der Waals surface area contributed by atoms with Crippen molar-refractivity contribution in [1.29, 1.82) is 0 Å². The molecule has 2 aromatic carbocycles. The lowest BCUT2D eigenvalue weighted by molar-refractivity contribution is -0.274. The van der Waals surface area contributed by atoms with E-state index in [1.54, 1.807) is 12.1 Å². The molecular weight excluding hydrogens is 291 g/mol. The lowest BCUT2D eigenvalue weighted by atomic mass is 10.0. The molecule has 5 heteroatoms. The smallest absolute Gasteiger partial charge is 0.406 e. The minimum Gasteiger partial charge on any atom is -0.406 e. The number of alkyl halides is 3. The summed E-state index contributed by atoms with van der Waals surface area (Å²) in [6, 6.07) is 14.0. The monoisotopic (exact) mass is 309 g/mol. The van der Waals surface area contributed by atoms with E-state index in [0.29, 0.717) is 12.5 Å². The van der Waals surface area contributed by atoms with Gasteiger partial charge in [0.05, 0.1) is 0 Å². The topological polar surface area (TPSA) is 21.3 Å². The zero-order valence-electron chi connectivity index (χ0n) is 12.4. The summed E-state index contributed by atoms with van der Waals surface area (Å²) in [5, 5.41) is 3.23. The van der Waals surface area contributed by atoms with E-state index in [9.17, 15) is 13.2 Å². The van der Waals surface area contributed by atoms with Gasteiger partial charge in [0.2, 0.25) is 0 Å². The van der Waals surface area contributed by atoms with E-state index in [1.807, 2.05) is 12.1 Å². The Morgan fingerprint density at radius 1 is 0.955 bits per heavy atom. The van der Waals surface area contributed by atoms with E-state index >= 15 is 0 Å². The molecule has 0 amide bonds. The van der Waals surface area contributed by atoms with Crippen LogP contribution in [0.1, 0.15) is 30.9 Å². The summed E-state index contributed by atoms with van der Waals surface area (Å²) in [7, 11) is 0. The first kappa shape index (κ1) is 16.2. The van der Waals surface area contributed by atoms with Crippen molar-refractivity contribution in [2.45, 2.75) is 32.7 Å². The van der Waals surface area contributed by atoms with Gasteiger partial charge in [0.25, 0.3) is 0 Å². The van der Waals surface area contributed by atoms with Crippen LogP contribution in [-0.4, -0.2) is 6.36 Å². The SMILES string of the molecule is CC(C)c1ccc(NCc2ccc(OC(F)(F)F)cc2)cc1. The minimum absolute atomic E-state index is 0.211. The maximum absolute atomic E-state index is 12.1. The van der Waals surface area contributed by atoms with Crippen LogP contribution in [0.2, 0.25) is 0 Å². The Morgan fingerprint density at radius 2 is 1.55 bits per heavy atom. The molecule has 0 aliphatic heterocycles. The molecule has 0 aromatic heterocycles. The molecular formula is C17H18F3NO. The summed E-state index contributed by atoms with van der Waals surface area (Å²) in [5.41, 5.74) is 3.11. The highest BCUT2D eigenvalue weighted by atomic mass is 19.4. The molecule has 2 aromatic rings. The van der Waals surface area contributed by atoms with Gasteiger partial charge in [0, 0.05) is 12.2 Å². The highest BCUT2D eigenvalue weighted by Crippen LogP contribution is 2.23. The van der Waals surface area contributed by atoms with Crippen LogP contribution >= 0.6 is 0 Å². The molecule has 0 fully saturated rings. The Balaban J connectivity index is 1.91.